The highest BCUT2D eigenvalue weighted by Gasteiger charge is 2.41. The van der Waals surface area contributed by atoms with Crippen molar-refractivity contribution in [3.05, 3.63) is 30.0 Å². The van der Waals surface area contributed by atoms with Crippen LogP contribution in [0.1, 0.15) is 12.6 Å². The Balaban J connectivity index is 1.93. The summed E-state index contributed by atoms with van der Waals surface area (Å²) >= 11 is 0. The zero-order valence-electron chi connectivity index (χ0n) is 12.5. The zero-order chi connectivity index (χ0) is 16.6. The van der Waals surface area contributed by atoms with Crippen LogP contribution in [-0.2, 0) is 25.3 Å². The molecule has 1 aromatic carbocycles. The van der Waals surface area contributed by atoms with Crippen LogP contribution in [0, 0.1) is 0 Å². The second-order valence-electron chi connectivity index (χ2n) is 5.42. The van der Waals surface area contributed by atoms with Gasteiger partial charge in [0.1, 0.15) is 17.5 Å². The van der Waals surface area contributed by atoms with Crippen LogP contribution >= 0.6 is 0 Å². The molecular weight excluding hydrogens is 322 g/mol. The Kier molecular flexibility index (Phi) is 4.09. The van der Waals surface area contributed by atoms with Gasteiger partial charge in [-0.25, -0.2) is 8.42 Å². The van der Waals surface area contributed by atoms with Crippen LogP contribution in [-0.4, -0.2) is 49.1 Å². The van der Waals surface area contributed by atoms with Crippen LogP contribution in [0.5, 0.6) is 0 Å². The molecule has 1 amide bonds. The normalized spacial score (nSPS) is 23.2. The van der Waals surface area contributed by atoms with Crippen LogP contribution in [0.2, 0.25) is 0 Å². The topological polar surface area (TPSA) is 116 Å². The van der Waals surface area contributed by atoms with Gasteiger partial charge in [0.25, 0.3) is 0 Å². The lowest BCUT2D eigenvalue weighted by Crippen LogP contribution is -2.58. The molecule has 2 aromatic rings. The highest BCUT2D eigenvalue weighted by Crippen LogP contribution is 2.24. The number of para-hydroxylation sites is 1. The lowest BCUT2D eigenvalue weighted by molar-refractivity contribution is -0.130. The average Bonchev–Trinajstić information content (AvgIpc) is 2.89. The number of aromatic nitrogens is 1. The summed E-state index contributed by atoms with van der Waals surface area (Å²) in [5.74, 6) is -1.09. The van der Waals surface area contributed by atoms with E-state index >= 15 is 0 Å². The highest BCUT2D eigenvalue weighted by molar-refractivity contribution is 7.88. The molecule has 0 radical (unpaired) electrons. The molecule has 1 aliphatic rings. The molecule has 124 valence electrons. The molecule has 1 fully saturated rings. The summed E-state index contributed by atoms with van der Waals surface area (Å²) in [6, 6.07) is 5.98. The number of amides is 1. The molecule has 8 nitrogen and oxygen atoms in total. The number of nitrogens with zero attached hydrogens (tertiary/aromatic N) is 2. The molecule has 1 aliphatic heterocycles. The van der Waals surface area contributed by atoms with Crippen LogP contribution in [0.25, 0.3) is 11.0 Å². The fraction of sp³-hybridized carbons (Fsp3) is 0.429. The smallest absolute Gasteiger partial charge is 0.238 e. The molecule has 0 aliphatic carbocycles. The van der Waals surface area contributed by atoms with E-state index in [1.165, 1.54) is 0 Å². The van der Waals surface area contributed by atoms with Gasteiger partial charge in [0, 0.05) is 11.9 Å². The van der Waals surface area contributed by atoms with Crippen molar-refractivity contribution in [3.8, 4) is 0 Å². The maximum atomic E-state index is 12.7. The van der Waals surface area contributed by atoms with Gasteiger partial charge >= 0.3 is 0 Å². The van der Waals surface area contributed by atoms with E-state index in [4.69, 9.17) is 15.0 Å². The summed E-state index contributed by atoms with van der Waals surface area (Å²) < 4.78 is 37.0. The third-order valence-corrected chi connectivity index (χ3v) is 5.63. The molecule has 1 aromatic heterocycles. The molecular formula is C14H17N3O5S. The molecule has 23 heavy (non-hydrogen) atoms. The van der Waals surface area contributed by atoms with Crippen molar-refractivity contribution in [2.24, 2.45) is 5.73 Å². The zero-order valence-corrected chi connectivity index (χ0v) is 13.3. The van der Waals surface area contributed by atoms with Gasteiger partial charge in [0.15, 0.2) is 5.58 Å². The summed E-state index contributed by atoms with van der Waals surface area (Å²) in [6.07, 6.45) is -0.593. The number of carbonyl (C=O) groups excluding carboxylic acids is 1. The van der Waals surface area contributed by atoms with Crippen molar-refractivity contribution >= 4 is 26.9 Å². The van der Waals surface area contributed by atoms with Gasteiger partial charge in [-0.05, 0) is 19.1 Å². The Hall–Kier alpha value is -1.97. The van der Waals surface area contributed by atoms with E-state index in [2.05, 4.69) is 5.16 Å². The van der Waals surface area contributed by atoms with Crippen molar-refractivity contribution in [2.75, 3.05) is 13.2 Å². The highest BCUT2D eigenvalue weighted by atomic mass is 32.2. The van der Waals surface area contributed by atoms with E-state index in [9.17, 15) is 13.2 Å². The van der Waals surface area contributed by atoms with Gasteiger partial charge in [0.2, 0.25) is 15.9 Å². The van der Waals surface area contributed by atoms with Gasteiger partial charge in [-0.2, -0.15) is 4.31 Å². The quantitative estimate of drug-likeness (QED) is 0.852. The van der Waals surface area contributed by atoms with Crippen LogP contribution in [0.15, 0.2) is 28.8 Å². The molecule has 0 spiro atoms. The van der Waals surface area contributed by atoms with E-state index < -0.39 is 28.1 Å². The second kappa shape index (κ2) is 5.91. The lowest BCUT2D eigenvalue weighted by atomic mass is 10.1. The Morgan fingerprint density at radius 3 is 2.91 bits per heavy atom. The third-order valence-electron chi connectivity index (χ3n) is 3.87. The minimum Gasteiger partial charge on any atom is -0.375 e. The third kappa shape index (κ3) is 2.94. The van der Waals surface area contributed by atoms with Crippen molar-refractivity contribution in [3.63, 3.8) is 0 Å². The number of benzene rings is 1. The Morgan fingerprint density at radius 2 is 2.17 bits per heavy atom. The number of hydrogen-bond acceptors (Lipinski definition) is 6. The molecule has 1 saturated heterocycles. The molecule has 9 heteroatoms. The lowest BCUT2D eigenvalue weighted by Gasteiger charge is -2.36. The number of nitrogens with two attached hydrogens (primary N) is 1. The molecule has 2 atom stereocenters. The fourth-order valence-corrected chi connectivity index (χ4v) is 4.47. The van der Waals surface area contributed by atoms with Gasteiger partial charge in [-0.1, -0.05) is 17.3 Å². The Labute approximate surface area is 133 Å². The maximum absolute atomic E-state index is 12.7. The predicted molar refractivity (Wildman–Crippen MR) is 81.7 cm³/mol. The molecule has 0 bridgehead atoms. The largest absolute Gasteiger partial charge is 0.375 e. The van der Waals surface area contributed by atoms with E-state index in [0.29, 0.717) is 16.7 Å². The number of primary amides is 1. The van der Waals surface area contributed by atoms with Crippen molar-refractivity contribution < 1.29 is 22.5 Å². The van der Waals surface area contributed by atoms with Crippen LogP contribution in [0.4, 0.5) is 0 Å². The van der Waals surface area contributed by atoms with Crippen LogP contribution in [0.3, 0.4) is 0 Å². The number of fused-ring (bicyclic) bond motifs is 1. The first kappa shape index (κ1) is 15.9. The van der Waals surface area contributed by atoms with E-state index in [1.54, 1.807) is 31.2 Å². The van der Waals surface area contributed by atoms with Crippen molar-refractivity contribution in [1.29, 1.82) is 0 Å². The minimum absolute atomic E-state index is 0.0794. The number of rotatable bonds is 4. The fourth-order valence-electron chi connectivity index (χ4n) is 2.78. The minimum atomic E-state index is -3.79. The SMILES string of the molecule is C[C@H]1OCCN(S(=O)(=O)Cc2noc3ccccc23)[C@@H]1C(N)=O. The monoisotopic (exact) mass is 339 g/mol. The van der Waals surface area contributed by atoms with E-state index in [0.717, 1.165) is 4.31 Å². The molecule has 2 heterocycles. The summed E-state index contributed by atoms with van der Waals surface area (Å²) in [7, 11) is -3.79. The maximum Gasteiger partial charge on any atom is 0.238 e. The first-order valence-electron chi connectivity index (χ1n) is 7.14. The molecule has 0 saturated carbocycles. The van der Waals surface area contributed by atoms with Gasteiger partial charge < -0.3 is 15.0 Å². The average molecular weight is 339 g/mol. The standard InChI is InChI=1S/C14H17N3O5S/c1-9-13(14(15)18)17(6-7-21-9)23(19,20)8-11-10-4-2-3-5-12(10)22-16-11/h2-5,9,13H,6-8H2,1H3,(H2,15,18)/t9-,13+/m1/s1. The second-order valence-corrected chi connectivity index (χ2v) is 7.34. The first-order valence-corrected chi connectivity index (χ1v) is 8.75. The molecule has 0 unspecified atom stereocenters. The van der Waals surface area contributed by atoms with Crippen molar-refractivity contribution in [2.45, 2.75) is 24.8 Å². The summed E-state index contributed by atoms with van der Waals surface area (Å²) in [5, 5.41) is 4.47. The van der Waals surface area contributed by atoms with Gasteiger partial charge in [0.05, 0.1) is 12.7 Å². The van der Waals surface area contributed by atoms with Gasteiger partial charge in [-0.3, -0.25) is 4.79 Å². The summed E-state index contributed by atoms with van der Waals surface area (Å²) in [4.78, 5) is 11.6. The molecule has 2 N–H and O–H groups in total. The van der Waals surface area contributed by atoms with Gasteiger partial charge in [-0.15, -0.1) is 0 Å². The van der Waals surface area contributed by atoms with Crippen LogP contribution < -0.4 is 5.73 Å². The van der Waals surface area contributed by atoms with E-state index in [1.807, 2.05) is 0 Å². The summed E-state index contributed by atoms with van der Waals surface area (Å²) in [5.41, 5.74) is 6.17. The Bertz CT molecular complexity index is 832. The predicted octanol–water partition coefficient (Wildman–Crippen LogP) is 0.232. The first-order chi connectivity index (χ1) is 10.9. The number of carbonyl (C=O) groups is 1. The molecule has 3 rings (SSSR count). The Morgan fingerprint density at radius 1 is 1.43 bits per heavy atom. The number of hydrogen-bond donors (Lipinski definition) is 1. The summed E-state index contributed by atoms with van der Waals surface area (Å²) in [6.45, 7) is 1.92. The number of morpholine rings is 1. The van der Waals surface area contributed by atoms with Crippen molar-refractivity contribution in [1.82, 2.24) is 9.46 Å². The number of sulfonamides is 1. The number of ether oxygens (including phenoxy) is 1. The van der Waals surface area contributed by atoms with E-state index in [-0.39, 0.29) is 18.9 Å².